The number of benzene rings is 1. The zero-order valence-corrected chi connectivity index (χ0v) is 10.5. The Kier molecular flexibility index (Phi) is 3.50. The highest BCUT2D eigenvalue weighted by Crippen LogP contribution is 2.36. The van der Waals surface area contributed by atoms with Gasteiger partial charge in [-0.1, -0.05) is 26.0 Å². The number of hydrogen-bond acceptors (Lipinski definition) is 3. The van der Waals surface area contributed by atoms with Crippen LogP contribution in [-0.4, -0.2) is 0 Å². The molecule has 1 heterocycles. The second-order valence-electron chi connectivity index (χ2n) is 4.88. The van der Waals surface area contributed by atoms with Crippen molar-refractivity contribution < 1.29 is 8.81 Å². The maximum Gasteiger partial charge on any atom is 0.123 e. The van der Waals surface area contributed by atoms with Crippen molar-refractivity contribution in [3.8, 4) is 0 Å². The van der Waals surface area contributed by atoms with Crippen LogP contribution in [0.1, 0.15) is 31.0 Å². The molecule has 96 valence electrons. The van der Waals surface area contributed by atoms with Crippen molar-refractivity contribution in [2.24, 2.45) is 5.84 Å². The molecule has 0 radical (unpaired) electrons. The van der Waals surface area contributed by atoms with Crippen LogP contribution < -0.4 is 11.3 Å². The van der Waals surface area contributed by atoms with E-state index < -0.39 is 0 Å². The highest BCUT2D eigenvalue weighted by molar-refractivity contribution is 5.30. The first-order chi connectivity index (χ1) is 8.55. The molecule has 0 saturated carbocycles. The van der Waals surface area contributed by atoms with Crippen LogP contribution in [0.3, 0.4) is 0 Å². The molecule has 1 aromatic carbocycles. The molecule has 2 rings (SSSR count). The van der Waals surface area contributed by atoms with E-state index in [4.69, 9.17) is 10.3 Å². The van der Waals surface area contributed by atoms with Crippen molar-refractivity contribution in [3.05, 3.63) is 59.8 Å². The van der Waals surface area contributed by atoms with Crippen molar-refractivity contribution >= 4 is 0 Å². The van der Waals surface area contributed by atoms with Gasteiger partial charge in [-0.3, -0.25) is 11.3 Å². The molecule has 3 N–H and O–H groups in total. The first kappa shape index (κ1) is 12.8. The fourth-order valence-corrected chi connectivity index (χ4v) is 2.21. The molecule has 0 spiro atoms. The normalized spacial score (nSPS) is 13.6. The van der Waals surface area contributed by atoms with Crippen molar-refractivity contribution in [2.75, 3.05) is 0 Å². The molecule has 0 aliphatic rings. The summed E-state index contributed by atoms with van der Waals surface area (Å²) < 4.78 is 18.1. The Labute approximate surface area is 106 Å². The molecule has 4 heteroatoms. The third kappa shape index (κ3) is 2.30. The Morgan fingerprint density at radius 2 is 1.89 bits per heavy atom. The van der Waals surface area contributed by atoms with E-state index in [2.05, 4.69) is 19.3 Å². The van der Waals surface area contributed by atoms with Gasteiger partial charge in [-0.15, -0.1) is 0 Å². The Hall–Kier alpha value is -1.65. The van der Waals surface area contributed by atoms with Crippen LogP contribution in [0, 0.1) is 5.82 Å². The zero-order chi connectivity index (χ0) is 13.2. The van der Waals surface area contributed by atoms with Crippen LogP contribution in [0.25, 0.3) is 0 Å². The van der Waals surface area contributed by atoms with E-state index in [1.165, 1.54) is 12.1 Å². The van der Waals surface area contributed by atoms with Gasteiger partial charge in [-0.05, 0) is 23.8 Å². The summed E-state index contributed by atoms with van der Waals surface area (Å²) in [6.07, 6.45) is 3.27. The van der Waals surface area contributed by atoms with E-state index in [9.17, 15) is 4.39 Å². The highest BCUT2D eigenvalue weighted by atomic mass is 19.1. The minimum Gasteiger partial charge on any atom is -0.472 e. The summed E-state index contributed by atoms with van der Waals surface area (Å²) in [5, 5.41) is 0. The molecule has 3 nitrogen and oxygen atoms in total. The number of nitrogens with one attached hydrogen (secondary N) is 1. The molecule has 1 aromatic heterocycles. The number of rotatable bonds is 4. The lowest BCUT2D eigenvalue weighted by atomic mass is 9.76. The summed E-state index contributed by atoms with van der Waals surface area (Å²) in [6, 6.07) is 8.23. The monoisotopic (exact) mass is 248 g/mol. The maximum atomic E-state index is 13.0. The molecule has 0 fully saturated rings. The van der Waals surface area contributed by atoms with Gasteiger partial charge < -0.3 is 4.42 Å². The van der Waals surface area contributed by atoms with Gasteiger partial charge in [0.15, 0.2) is 0 Å². The van der Waals surface area contributed by atoms with Crippen LogP contribution >= 0.6 is 0 Å². The van der Waals surface area contributed by atoms with Crippen molar-refractivity contribution in [1.29, 1.82) is 0 Å². The second-order valence-corrected chi connectivity index (χ2v) is 4.88. The topological polar surface area (TPSA) is 51.2 Å². The van der Waals surface area contributed by atoms with Crippen LogP contribution in [0.2, 0.25) is 0 Å². The molecule has 1 unspecified atom stereocenters. The average Bonchev–Trinajstić information content (AvgIpc) is 2.84. The SMILES string of the molecule is CC(C)(c1ccc(F)cc1)C(NN)c1ccoc1. The summed E-state index contributed by atoms with van der Waals surface area (Å²) in [5.74, 6) is 5.41. The van der Waals surface area contributed by atoms with Crippen LogP contribution in [0.15, 0.2) is 47.3 Å². The van der Waals surface area contributed by atoms with Gasteiger partial charge in [0.25, 0.3) is 0 Å². The lowest BCUT2D eigenvalue weighted by Crippen LogP contribution is -2.40. The third-order valence-corrected chi connectivity index (χ3v) is 3.35. The molecular weight excluding hydrogens is 231 g/mol. The predicted molar refractivity (Wildman–Crippen MR) is 68.2 cm³/mol. The van der Waals surface area contributed by atoms with Gasteiger partial charge >= 0.3 is 0 Å². The first-order valence-corrected chi connectivity index (χ1v) is 5.80. The van der Waals surface area contributed by atoms with Crippen molar-refractivity contribution in [3.63, 3.8) is 0 Å². The van der Waals surface area contributed by atoms with Crippen LogP contribution in [-0.2, 0) is 5.41 Å². The molecule has 0 amide bonds. The van der Waals surface area contributed by atoms with Gasteiger partial charge in [0.1, 0.15) is 5.82 Å². The fourth-order valence-electron chi connectivity index (χ4n) is 2.21. The average molecular weight is 248 g/mol. The number of hydrogen-bond donors (Lipinski definition) is 2. The van der Waals surface area contributed by atoms with E-state index >= 15 is 0 Å². The zero-order valence-electron chi connectivity index (χ0n) is 10.5. The Balaban J connectivity index is 2.36. The molecule has 0 saturated heterocycles. The predicted octanol–water partition coefficient (Wildman–Crippen LogP) is 2.90. The first-order valence-electron chi connectivity index (χ1n) is 5.80. The fraction of sp³-hybridized carbons (Fsp3) is 0.286. The van der Waals surface area contributed by atoms with Gasteiger partial charge in [0.05, 0.1) is 18.6 Å². The molecule has 2 aromatic rings. The standard InChI is InChI=1S/C14H17FN2O/c1-14(2,11-3-5-12(15)6-4-11)13(17-16)10-7-8-18-9-10/h3-9,13,17H,16H2,1-2H3. The maximum absolute atomic E-state index is 13.0. The van der Waals surface area contributed by atoms with E-state index in [1.807, 2.05) is 6.07 Å². The third-order valence-electron chi connectivity index (χ3n) is 3.35. The second kappa shape index (κ2) is 4.92. The van der Waals surface area contributed by atoms with Gasteiger partial charge in [0, 0.05) is 11.0 Å². The summed E-state index contributed by atoms with van der Waals surface area (Å²) in [5.41, 5.74) is 4.49. The molecule has 0 aliphatic heterocycles. The number of nitrogens with two attached hydrogens (primary N) is 1. The quantitative estimate of drug-likeness (QED) is 0.646. The summed E-state index contributed by atoms with van der Waals surface area (Å²) in [7, 11) is 0. The van der Waals surface area contributed by atoms with Crippen LogP contribution in [0.4, 0.5) is 4.39 Å². The minimum absolute atomic E-state index is 0.110. The molecular formula is C14H17FN2O. The van der Waals surface area contributed by atoms with E-state index in [-0.39, 0.29) is 17.3 Å². The van der Waals surface area contributed by atoms with Crippen LogP contribution in [0.5, 0.6) is 0 Å². The van der Waals surface area contributed by atoms with Gasteiger partial charge in [-0.2, -0.15) is 0 Å². The van der Waals surface area contributed by atoms with E-state index in [1.54, 1.807) is 24.7 Å². The molecule has 1 atom stereocenters. The number of hydrazine groups is 1. The van der Waals surface area contributed by atoms with E-state index in [0.717, 1.165) is 11.1 Å². The Morgan fingerprint density at radius 3 is 2.39 bits per heavy atom. The number of furan rings is 1. The highest BCUT2D eigenvalue weighted by Gasteiger charge is 2.32. The van der Waals surface area contributed by atoms with Crippen molar-refractivity contribution in [1.82, 2.24) is 5.43 Å². The Bertz CT molecular complexity index is 491. The van der Waals surface area contributed by atoms with Gasteiger partial charge in [0.2, 0.25) is 0 Å². The minimum atomic E-state index is -0.285. The van der Waals surface area contributed by atoms with Gasteiger partial charge in [-0.25, -0.2) is 4.39 Å². The smallest absolute Gasteiger partial charge is 0.123 e. The Morgan fingerprint density at radius 1 is 1.22 bits per heavy atom. The number of halogens is 1. The largest absolute Gasteiger partial charge is 0.472 e. The molecule has 0 aliphatic carbocycles. The van der Waals surface area contributed by atoms with Crippen molar-refractivity contribution in [2.45, 2.75) is 25.3 Å². The molecule has 18 heavy (non-hydrogen) atoms. The summed E-state index contributed by atoms with van der Waals surface area (Å²) in [4.78, 5) is 0. The lowest BCUT2D eigenvalue weighted by Gasteiger charge is -2.34. The molecule has 0 bridgehead atoms. The summed E-state index contributed by atoms with van der Waals surface area (Å²) in [6.45, 7) is 4.11. The summed E-state index contributed by atoms with van der Waals surface area (Å²) >= 11 is 0. The lowest BCUT2D eigenvalue weighted by molar-refractivity contribution is 0.350. The van der Waals surface area contributed by atoms with E-state index in [0.29, 0.717) is 0 Å².